The van der Waals surface area contributed by atoms with Crippen molar-refractivity contribution in [2.24, 2.45) is 0 Å². The third-order valence-corrected chi connectivity index (χ3v) is 5.56. The Morgan fingerprint density at radius 3 is 2.17 bits per heavy atom. The summed E-state index contributed by atoms with van der Waals surface area (Å²) in [6.45, 7) is -0.831. The molecule has 3 aromatic rings. The number of carbonyl (C=O) groups is 4. The second kappa shape index (κ2) is 9.35. The summed E-state index contributed by atoms with van der Waals surface area (Å²) in [4.78, 5) is 73.8. The van der Waals surface area contributed by atoms with E-state index in [4.69, 9.17) is 11.6 Å². The number of nitro benzene ring substituents is 2. The number of benzene rings is 3. The van der Waals surface area contributed by atoms with Crippen LogP contribution in [0.4, 0.5) is 11.4 Å². The Bertz CT molecular complexity index is 1470. The predicted molar refractivity (Wildman–Crippen MR) is 124 cm³/mol. The Hall–Kier alpha value is -4.97. The first-order valence-corrected chi connectivity index (χ1v) is 10.5. The summed E-state index contributed by atoms with van der Waals surface area (Å²) in [5.41, 5.74) is -2.16. The van der Waals surface area contributed by atoms with Crippen LogP contribution in [0.25, 0.3) is 0 Å². The molecule has 1 aliphatic heterocycles. The second-order valence-corrected chi connectivity index (χ2v) is 7.92. The first kappa shape index (κ1) is 24.2. The standard InChI is InChI=1S/C23H13ClN4O8/c24-15-9-7-13(8-10-15)19(29)12-25(21(30)14-3-1-4-16(11-14)27(33)34)26-22(31)17-5-2-6-18(28(35)36)20(17)23(26)32/h1-11H,12H2. The number of hydrogen-bond donors (Lipinski definition) is 0. The molecule has 180 valence electrons. The Morgan fingerprint density at radius 1 is 0.861 bits per heavy atom. The summed E-state index contributed by atoms with van der Waals surface area (Å²) >= 11 is 5.84. The number of carbonyl (C=O) groups excluding carboxylic acids is 4. The number of nitro groups is 2. The predicted octanol–water partition coefficient (Wildman–Crippen LogP) is 3.69. The van der Waals surface area contributed by atoms with Gasteiger partial charge in [0.25, 0.3) is 29.1 Å². The summed E-state index contributed by atoms with van der Waals surface area (Å²) in [6, 6.07) is 13.5. The highest BCUT2D eigenvalue weighted by atomic mass is 35.5. The lowest BCUT2D eigenvalue weighted by Crippen LogP contribution is -2.51. The molecule has 0 saturated carbocycles. The van der Waals surface area contributed by atoms with Gasteiger partial charge in [-0.1, -0.05) is 23.7 Å². The van der Waals surface area contributed by atoms with E-state index in [0.29, 0.717) is 15.0 Å². The van der Waals surface area contributed by atoms with Gasteiger partial charge in [0.05, 0.1) is 15.4 Å². The number of fused-ring (bicyclic) bond motifs is 1. The van der Waals surface area contributed by atoms with Crippen molar-refractivity contribution < 1.29 is 29.0 Å². The molecule has 0 aliphatic carbocycles. The maximum absolute atomic E-state index is 13.4. The van der Waals surface area contributed by atoms with Crippen molar-refractivity contribution in [1.29, 1.82) is 0 Å². The molecule has 0 saturated heterocycles. The molecule has 0 aromatic heterocycles. The molecule has 1 aliphatic rings. The van der Waals surface area contributed by atoms with Gasteiger partial charge in [0.1, 0.15) is 12.1 Å². The quantitative estimate of drug-likeness (QED) is 0.202. The highest BCUT2D eigenvalue weighted by Gasteiger charge is 2.46. The molecule has 3 amide bonds. The molecule has 0 radical (unpaired) electrons. The number of halogens is 1. The lowest BCUT2D eigenvalue weighted by atomic mass is 10.1. The highest BCUT2D eigenvalue weighted by molar-refractivity contribution is 6.30. The largest absolute Gasteiger partial charge is 0.292 e. The molecule has 13 heteroatoms. The Balaban J connectivity index is 1.80. The van der Waals surface area contributed by atoms with Gasteiger partial charge in [-0.05, 0) is 36.4 Å². The normalized spacial score (nSPS) is 12.3. The Labute approximate surface area is 206 Å². The van der Waals surface area contributed by atoms with Crippen molar-refractivity contribution in [1.82, 2.24) is 10.0 Å². The molecule has 4 rings (SSSR count). The van der Waals surface area contributed by atoms with Gasteiger partial charge < -0.3 is 0 Å². The van der Waals surface area contributed by atoms with Gasteiger partial charge in [-0.3, -0.25) is 39.4 Å². The smallest absolute Gasteiger partial charge is 0.287 e. The van der Waals surface area contributed by atoms with Gasteiger partial charge in [0.15, 0.2) is 5.78 Å². The number of amides is 3. The van der Waals surface area contributed by atoms with Crippen LogP contribution in [0.15, 0.2) is 66.7 Å². The van der Waals surface area contributed by atoms with Gasteiger partial charge in [0, 0.05) is 34.3 Å². The highest BCUT2D eigenvalue weighted by Crippen LogP contribution is 2.32. The van der Waals surface area contributed by atoms with Crippen molar-refractivity contribution in [2.45, 2.75) is 0 Å². The molecular formula is C23H13ClN4O8. The maximum atomic E-state index is 13.4. The summed E-state index contributed by atoms with van der Waals surface area (Å²) in [7, 11) is 0. The van der Waals surface area contributed by atoms with Crippen molar-refractivity contribution in [3.8, 4) is 0 Å². The number of imide groups is 1. The zero-order valence-corrected chi connectivity index (χ0v) is 18.7. The monoisotopic (exact) mass is 508 g/mol. The van der Waals surface area contributed by atoms with Crippen LogP contribution in [0.5, 0.6) is 0 Å². The summed E-state index contributed by atoms with van der Waals surface area (Å²) in [5, 5.41) is 23.8. The third kappa shape index (κ3) is 4.28. The minimum absolute atomic E-state index is 0.0961. The van der Waals surface area contributed by atoms with Crippen LogP contribution in [-0.2, 0) is 0 Å². The van der Waals surface area contributed by atoms with Crippen LogP contribution in [0.1, 0.15) is 41.4 Å². The minimum atomic E-state index is -1.19. The van der Waals surface area contributed by atoms with E-state index in [1.54, 1.807) is 0 Å². The fourth-order valence-electron chi connectivity index (χ4n) is 3.62. The Kier molecular flexibility index (Phi) is 6.27. The first-order valence-electron chi connectivity index (χ1n) is 10.1. The summed E-state index contributed by atoms with van der Waals surface area (Å²) < 4.78 is 0. The number of hydrazine groups is 1. The molecule has 3 aromatic carbocycles. The molecule has 36 heavy (non-hydrogen) atoms. The van der Waals surface area contributed by atoms with Crippen LogP contribution >= 0.6 is 11.6 Å². The molecule has 0 bridgehead atoms. The minimum Gasteiger partial charge on any atom is -0.292 e. The average molecular weight is 509 g/mol. The lowest BCUT2D eigenvalue weighted by molar-refractivity contribution is -0.385. The fraction of sp³-hybridized carbons (Fsp3) is 0.0435. The van der Waals surface area contributed by atoms with Gasteiger partial charge in [-0.2, -0.15) is 5.01 Å². The number of rotatable bonds is 7. The number of non-ortho nitro benzene ring substituents is 1. The van der Waals surface area contributed by atoms with Crippen molar-refractivity contribution in [2.75, 3.05) is 6.54 Å². The molecule has 0 unspecified atom stereocenters. The van der Waals surface area contributed by atoms with Crippen LogP contribution < -0.4 is 0 Å². The van der Waals surface area contributed by atoms with E-state index < -0.39 is 56.8 Å². The third-order valence-electron chi connectivity index (χ3n) is 5.31. The number of Topliss-reactive ketones (excluding diaryl/α,β-unsaturated/α-hetero) is 1. The molecule has 1 heterocycles. The SMILES string of the molecule is O=C(CN(C(=O)c1cccc([N+](=O)[O-])c1)N1C(=O)c2cccc([N+](=O)[O-])c2C1=O)c1ccc(Cl)cc1. The zero-order valence-electron chi connectivity index (χ0n) is 18.0. The summed E-state index contributed by atoms with van der Waals surface area (Å²) in [5.74, 6) is -4.04. The van der Waals surface area contributed by atoms with E-state index in [2.05, 4.69) is 0 Å². The maximum Gasteiger partial charge on any atom is 0.287 e. The molecule has 0 spiro atoms. The first-order chi connectivity index (χ1) is 17.1. The van der Waals surface area contributed by atoms with E-state index >= 15 is 0 Å². The number of ketones is 1. The fourth-order valence-corrected chi connectivity index (χ4v) is 3.75. The molecule has 0 atom stereocenters. The number of hydrogen-bond acceptors (Lipinski definition) is 8. The van der Waals surface area contributed by atoms with E-state index in [-0.39, 0.29) is 16.7 Å². The second-order valence-electron chi connectivity index (χ2n) is 7.48. The van der Waals surface area contributed by atoms with Crippen molar-refractivity contribution in [3.05, 3.63) is 114 Å². The van der Waals surface area contributed by atoms with Crippen LogP contribution in [0, 0.1) is 20.2 Å². The van der Waals surface area contributed by atoms with E-state index in [9.17, 15) is 39.4 Å². The van der Waals surface area contributed by atoms with Crippen LogP contribution in [-0.4, -0.2) is 49.9 Å². The Morgan fingerprint density at radius 2 is 1.53 bits per heavy atom. The van der Waals surface area contributed by atoms with E-state index in [1.165, 1.54) is 48.5 Å². The van der Waals surface area contributed by atoms with Crippen molar-refractivity contribution in [3.63, 3.8) is 0 Å². The molecule has 12 nitrogen and oxygen atoms in total. The zero-order chi connectivity index (χ0) is 26.1. The van der Waals surface area contributed by atoms with Gasteiger partial charge >= 0.3 is 0 Å². The molecule has 0 N–H and O–H groups in total. The van der Waals surface area contributed by atoms with Gasteiger partial charge in [-0.15, -0.1) is 0 Å². The van der Waals surface area contributed by atoms with Crippen LogP contribution in [0.3, 0.4) is 0 Å². The summed E-state index contributed by atoms with van der Waals surface area (Å²) in [6.07, 6.45) is 0. The van der Waals surface area contributed by atoms with Crippen molar-refractivity contribution >= 4 is 46.5 Å². The van der Waals surface area contributed by atoms with Gasteiger partial charge in [0.2, 0.25) is 0 Å². The van der Waals surface area contributed by atoms with E-state index in [1.807, 2.05) is 0 Å². The topological polar surface area (TPSA) is 161 Å². The van der Waals surface area contributed by atoms with Crippen LogP contribution in [0.2, 0.25) is 5.02 Å². The van der Waals surface area contributed by atoms with E-state index in [0.717, 1.165) is 18.2 Å². The molecular weight excluding hydrogens is 496 g/mol. The number of nitrogens with zero attached hydrogens (tertiary/aromatic N) is 4. The lowest BCUT2D eigenvalue weighted by Gasteiger charge is -2.29. The van der Waals surface area contributed by atoms with Gasteiger partial charge in [-0.25, -0.2) is 5.01 Å². The average Bonchev–Trinajstić information content (AvgIpc) is 3.12. The molecule has 0 fully saturated rings.